The van der Waals surface area contributed by atoms with Crippen LogP contribution in [0.15, 0.2) is 24.3 Å². The van der Waals surface area contributed by atoms with Crippen LogP contribution in [0.1, 0.15) is 40.4 Å². The molecule has 0 radical (unpaired) electrons. The van der Waals surface area contributed by atoms with Gasteiger partial charge in [-0.05, 0) is 38.0 Å². The molecule has 0 spiro atoms. The molecule has 1 aromatic heterocycles. The van der Waals surface area contributed by atoms with Crippen molar-refractivity contribution in [2.24, 2.45) is 5.92 Å². The average Bonchev–Trinajstić information content (AvgIpc) is 3.29. The van der Waals surface area contributed by atoms with Crippen LogP contribution >= 0.6 is 24.8 Å². The molecule has 0 unspecified atom stereocenters. The van der Waals surface area contributed by atoms with Gasteiger partial charge in [-0.15, -0.1) is 24.8 Å². The second-order valence-corrected chi connectivity index (χ2v) is 6.62. The molecule has 0 bridgehead atoms. The number of hydrogen-bond donors (Lipinski definition) is 2. The molecule has 24 heavy (non-hydrogen) atoms. The van der Waals surface area contributed by atoms with Crippen LogP contribution in [0.5, 0.6) is 0 Å². The van der Waals surface area contributed by atoms with Crippen LogP contribution in [0.25, 0.3) is 10.9 Å². The maximum absolute atomic E-state index is 12.7. The van der Waals surface area contributed by atoms with E-state index in [2.05, 4.69) is 29.7 Å². The topological polar surface area (TPSA) is 54.0 Å². The number of nitrogens with zero attached hydrogens (tertiary/aromatic N) is 1. The lowest BCUT2D eigenvalue weighted by Gasteiger charge is -2.27. The van der Waals surface area contributed by atoms with Crippen LogP contribution in [0.2, 0.25) is 0 Å². The van der Waals surface area contributed by atoms with Gasteiger partial charge < -0.3 is 10.6 Å². The van der Waals surface area contributed by atoms with E-state index in [1.165, 1.54) is 12.8 Å². The van der Waals surface area contributed by atoms with Gasteiger partial charge in [0.25, 0.3) is 5.91 Å². The number of aromatic nitrogens is 1. The van der Waals surface area contributed by atoms with E-state index in [0.717, 1.165) is 47.4 Å². The zero-order valence-electron chi connectivity index (χ0n) is 13.7. The van der Waals surface area contributed by atoms with Gasteiger partial charge in [0, 0.05) is 42.6 Å². The lowest BCUT2D eigenvalue weighted by molar-refractivity contribution is 0.0943. The number of pyridine rings is 1. The SMILES string of the molecule is Cc1ccc2nc(C3CC3)cc(C(=O)NCC3CNC3)c2c1.Cl.Cl. The predicted octanol–water partition coefficient (Wildman–Crippen LogP) is 3.21. The van der Waals surface area contributed by atoms with E-state index in [1.54, 1.807) is 0 Å². The van der Waals surface area contributed by atoms with Crippen molar-refractivity contribution in [3.05, 3.63) is 41.1 Å². The van der Waals surface area contributed by atoms with Crippen molar-refractivity contribution in [2.45, 2.75) is 25.7 Å². The Bertz CT molecular complexity index is 742. The number of benzene rings is 1. The molecule has 4 nitrogen and oxygen atoms in total. The van der Waals surface area contributed by atoms with E-state index in [9.17, 15) is 4.79 Å². The number of amides is 1. The fraction of sp³-hybridized carbons (Fsp3) is 0.444. The van der Waals surface area contributed by atoms with Crippen molar-refractivity contribution in [1.29, 1.82) is 0 Å². The first-order valence-corrected chi connectivity index (χ1v) is 8.11. The van der Waals surface area contributed by atoms with Gasteiger partial charge in [0.05, 0.1) is 11.1 Å². The van der Waals surface area contributed by atoms with E-state index in [4.69, 9.17) is 4.98 Å². The Morgan fingerprint density at radius 3 is 2.62 bits per heavy atom. The van der Waals surface area contributed by atoms with Gasteiger partial charge in [0.15, 0.2) is 0 Å². The zero-order valence-corrected chi connectivity index (χ0v) is 15.3. The van der Waals surface area contributed by atoms with Crippen molar-refractivity contribution < 1.29 is 4.79 Å². The summed E-state index contributed by atoms with van der Waals surface area (Å²) in [5.74, 6) is 1.15. The van der Waals surface area contributed by atoms with E-state index in [-0.39, 0.29) is 30.7 Å². The van der Waals surface area contributed by atoms with Gasteiger partial charge >= 0.3 is 0 Å². The second kappa shape index (κ2) is 7.68. The molecule has 6 heteroatoms. The first-order valence-electron chi connectivity index (χ1n) is 8.11. The summed E-state index contributed by atoms with van der Waals surface area (Å²) in [6.45, 7) is 4.81. The van der Waals surface area contributed by atoms with Crippen molar-refractivity contribution in [2.75, 3.05) is 19.6 Å². The van der Waals surface area contributed by atoms with Crippen LogP contribution in [0, 0.1) is 12.8 Å². The first-order chi connectivity index (χ1) is 10.7. The number of rotatable bonds is 4. The van der Waals surface area contributed by atoms with Crippen LogP contribution in [0.4, 0.5) is 0 Å². The molecule has 2 fully saturated rings. The molecule has 1 aliphatic heterocycles. The van der Waals surface area contributed by atoms with Crippen LogP contribution in [0.3, 0.4) is 0 Å². The van der Waals surface area contributed by atoms with Crippen LogP contribution < -0.4 is 10.6 Å². The summed E-state index contributed by atoms with van der Waals surface area (Å²) >= 11 is 0. The predicted molar refractivity (Wildman–Crippen MR) is 102 cm³/mol. The van der Waals surface area contributed by atoms with Crippen molar-refractivity contribution >= 4 is 41.6 Å². The van der Waals surface area contributed by atoms with Crippen LogP contribution in [-0.4, -0.2) is 30.5 Å². The number of carbonyl (C=O) groups is 1. The Labute approximate surface area is 154 Å². The Morgan fingerprint density at radius 1 is 1.25 bits per heavy atom. The summed E-state index contributed by atoms with van der Waals surface area (Å²) in [6.07, 6.45) is 2.39. The third-order valence-electron chi connectivity index (χ3n) is 4.64. The summed E-state index contributed by atoms with van der Waals surface area (Å²) in [5, 5.41) is 7.29. The zero-order chi connectivity index (χ0) is 15.1. The monoisotopic (exact) mass is 367 g/mol. The van der Waals surface area contributed by atoms with Gasteiger partial charge in [0.2, 0.25) is 0 Å². The molecule has 1 saturated heterocycles. The second-order valence-electron chi connectivity index (χ2n) is 6.62. The summed E-state index contributed by atoms with van der Waals surface area (Å²) in [7, 11) is 0. The highest BCUT2D eigenvalue weighted by Gasteiger charge is 2.27. The molecule has 2 N–H and O–H groups in total. The molecule has 2 aromatic rings. The largest absolute Gasteiger partial charge is 0.352 e. The molecule has 1 amide bonds. The normalized spacial score (nSPS) is 16.7. The van der Waals surface area contributed by atoms with Crippen molar-refractivity contribution in [3.8, 4) is 0 Å². The fourth-order valence-corrected chi connectivity index (χ4v) is 2.96. The molecular weight excluding hydrogens is 345 g/mol. The molecule has 2 heterocycles. The molecule has 130 valence electrons. The summed E-state index contributed by atoms with van der Waals surface area (Å²) < 4.78 is 0. The molecule has 4 rings (SSSR count). The maximum atomic E-state index is 12.7. The van der Waals surface area contributed by atoms with Crippen molar-refractivity contribution in [1.82, 2.24) is 15.6 Å². The molecular formula is C18H23Cl2N3O. The Morgan fingerprint density at radius 2 is 2.00 bits per heavy atom. The number of hydrogen-bond acceptors (Lipinski definition) is 3. The number of aryl methyl sites for hydroxylation is 1. The minimum atomic E-state index is 0. The number of halogens is 2. The molecule has 1 aromatic carbocycles. The molecule has 1 saturated carbocycles. The lowest BCUT2D eigenvalue weighted by atomic mass is 10.0. The number of nitrogens with one attached hydrogen (secondary N) is 2. The highest BCUT2D eigenvalue weighted by molar-refractivity contribution is 6.06. The van der Waals surface area contributed by atoms with Gasteiger partial charge in [-0.2, -0.15) is 0 Å². The molecule has 0 atom stereocenters. The third-order valence-corrected chi connectivity index (χ3v) is 4.64. The summed E-state index contributed by atoms with van der Waals surface area (Å²) in [5.41, 5.74) is 3.95. The quantitative estimate of drug-likeness (QED) is 0.872. The molecule has 2 aliphatic rings. The summed E-state index contributed by atoms with van der Waals surface area (Å²) in [4.78, 5) is 17.4. The van der Waals surface area contributed by atoms with Gasteiger partial charge in [-0.25, -0.2) is 0 Å². The van der Waals surface area contributed by atoms with E-state index >= 15 is 0 Å². The fourth-order valence-electron chi connectivity index (χ4n) is 2.96. The van der Waals surface area contributed by atoms with E-state index < -0.39 is 0 Å². The maximum Gasteiger partial charge on any atom is 0.252 e. The highest BCUT2D eigenvalue weighted by Crippen LogP contribution is 2.40. The van der Waals surface area contributed by atoms with E-state index in [0.29, 0.717) is 11.8 Å². The average molecular weight is 368 g/mol. The minimum absolute atomic E-state index is 0. The Balaban J connectivity index is 0.00000104. The highest BCUT2D eigenvalue weighted by atomic mass is 35.5. The third kappa shape index (κ3) is 3.82. The van der Waals surface area contributed by atoms with Crippen LogP contribution in [-0.2, 0) is 0 Å². The Kier molecular flexibility index (Phi) is 6.07. The first kappa shape index (κ1) is 19.0. The number of fused-ring (bicyclic) bond motifs is 1. The number of carbonyl (C=O) groups excluding carboxylic acids is 1. The molecule has 1 aliphatic carbocycles. The summed E-state index contributed by atoms with van der Waals surface area (Å²) in [6, 6.07) is 8.17. The van der Waals surface area contributed by atoms with Gasteiger partial charge in [-0.3, -0.25) is 9.78 Å². The smallest absolute Gasteiger partial charge is 0.252 e. The minimum Gasteiger partial charge on any atom is -0.352 e. The van der Waals surface area contributed by atoms with E-state index in [1.807, 2.05) is 12.1 Å². The van der Waals surface area contributed by atoms with Gasteiger partial charge in [0.1, 0.15) is 0 Å². The van der Waals surface area contributed by atoms with Crippen molar-refractivity contribution in [3.63, 3.8) is 0 Å². The van der Waals surface area contributed by atoms with Gasteiger partial charge in [-0.1, -0.05) is 11.6 Å². The Hall–Kier alpha value is -1.36. The standard InChI is InChI=1S/C18H21N3O.2ClH/c1-11-2-5-16-14(6-11)15(7-17(21-16)13-3-4-13)18(22)20-10-12-8-19-9-12;;/h2,5-7,12-13,19H,3-4,8-10H2,1H3,(H,20,22);2*1H. The lowest BCUT2D eigenvalue weighted by Crippen LogP contribution is -2.48.